The Bertz CT molecular complexity index is 856. The van der Waals surface area contributed by atoms with E-state index in [1.165, 1.54) is 36.9 Å². The van der Waals surface area contributed by atoms with E-state index in [4.69, 9.17) is 0 Å². The summed E-state index contributed by atoms with van der Waals surface area (Å²) in [7, 11) is -2.15. The lowest BCUT2D eigenvalue weighted by molar-refractivity contribution is 0.0945. The molecule has 1 amide bonds. The number of aryl methyl sites for hydroxylation is 1. The molecular formula is C19H24N2O3S. The third-order valence-corrected chi connectivity index (χ3v) is 5.62. The molecule has 2 rings (SSSR count). The molecule has 0 aromatic heterocycles. The quantitative estimate of drug-likeness (QED) is 0.831. The average Bonchev–Trinajstić information content (AvgIpc) is 2.60. The number of carbonyl (C=O) groups is 1. The predicted octanol–water partition coefficient (Wildman–Crippen LogP) is 2.61. The van der Waals surface area contributed by atoms with Gasteiger partial charge in [-0.25, -0.2) is 13.1 Å². The van der Waals surface area contributed by atoms with Crippen molar-refractivity contribution in [2.24, 2.45) is 0 Å². The number of carbonyl (C=O) groups excluding carboxylic acids is 1. The van der Waals surface area contributed by atoms with Gasteiger partial charge < -0.3 is 5.32 Å². The number of sulfonamides is 1. The van der Waals surface area contributed by atoms with Gasteiger partial charge in [0.15, 0.2) is 0 Å². The van der Waals surface area contributed by atoms with Crippen molar-refractivity contribution in [1.82, 2.24) is 10.0 Å². The fourth-order valence-corrected chi connectivity index (χ4v) is 3.20. The monoisotopic (exact) mass is 360 g/mol. The summed E-state index contributed by atoms with van der Waals surface area (Å²) in [6.07, 6.45) is 0. The van der Waals surface area contributed by atoms with Crippen LogP contribution in [-0.2, 0) is 15.4 Å². The highest BCUT2D eigenvalue weighted by Gasteiger charge is 2.22. The van der Waals surface area contributed by atoms with Crippen molar-refractivity contribution in [1.29, 1.82) is 0 Å². The Balaban J connectivity index is 2.07. The van der Waals surface area contributed by atoms with Gasteiger partial charge in [0.1, 0.15) is 0 Å². The topological polar surface area (TPSA) is 75.3 Å². The molecule has 0 heterocycles. The number of hydrogen-bond donors (Lipinski definition) is 2. The zero-order chi connectivity index (χ0) is 18.7. The van der Waals surface area contributed by atoms with Gasteiger partial charge in [-0.15, -0.1) is 0 Å². The van der Waals surface area contributed by atoms with Gasteiger partial charge in [0.2, 0.25) is 10.0 Å². The first-order chi connectivity index (χ1) is 11.7. The molecule has 134 valence electrons. The van der Waals surface area contributed by atoms with Gasteiger partial charge in [-0.1, -0.05) is 43.7 Å². The molecule has 2 aromatic rings. The van der Waals surface area contributed by atoms with Crippen molar-refractivity contribution < 1.29 is 13.2 Å². The number of nitrogens with one attached hydrogen (secondary N) is 2. The molecule has 0 atom stereocenters. The Morgan fingerprint density at radius 1 is 1.08 bits per heavy atom. The molecule has 6 heteroatoms. The van der Waals surface area contributed by atoms with Gasteiger partial charge in [0.25, 0.3) is 5.91 Å². The zero-order valence-electron chi connectivity index (χ0n) is 15.0. The van der Waals surface area contributed by atoms with Crippen molar-refractivity contribution in [2.45, 2.75) is 31.1 Å². The van der Waals surface area contributed by atoms with Crippen LogP contribution in [-0.4, -0.2) is 27.9 Å². The van der Waals surface area contributed by atoms with Gasteiger partial charge in [0.05, 0.1) is 4.90 Å². The van der Waals surface area contributed by atoms with Crippen molar-refractivity contribution in [3.63, 3.8) is 0 Å². The van der Waals surface area contributed by atoms with Gasteiger partial charge >= 0.3 is 0 Å². The summed E-state index contributed by atoms with van der Waals surface area (Å²) in [4.78, 5) is 12.5. The smallest absolute Gasteiger partial charge is 0.251 e. The molecule has 0 aliphatic heterocycles. The van der Waals surface area contributed by atoms with E-state index < -0.39 is 10.0 Å². The van der Waals surface area contributed by atoms with E-state index in [0.29, 0.717) is 12.1 Å². The molecule has 0 aliphatic rings. The second-order valence-electron chi connectivity index (χ2n) is 6.67. The Labute approximate surface area is 149 Å². The van der Waals surface area contributed by atoms with Crippen LogP contribution in [0.1, 0.15) is 35.3 Å². The second kappa shape index (κ2) is 7.37. The molecular weight excluding hydrogens is 336 g/mol. The molecule has 0 saturated carbocycles. The lowest BCUT2D eigenvalue weighted by Crippen LogP contribution is -2.36. The predicted molar refractivity (Wildman–Crippen MR) is 99.2 cm³/mol. The van der Waals surface area contributed by atoms with Crippen LogP contribution in [0, 0.1) is 6.92 Å². The standard InChI is InChI=1S/C19H24N2O3S/c1-14-6-5-7-16(12-14)19(2,3)13-21-18(22)15-8-10-17(11-9-15)25(23,24)20-4/h5-12,20H,13H2,1-4H3,(H,21,22). The largest absolute Gasteiger partial charge is 0.351 e. The summed E-state index contributed by atoms with van der Waals surface area (Å²) in [5.41, 5.74) is 2.55. The maximum Gasteiger partial charge on any atom is 0.251 e. The molecule has 2 aromatic carbocycles. The summed E-state index contributed by atoms with van der Waals surface area (Å²) in [6.45, 7) is 6.67. The van der Waals surface area contributed by atoms with Crippen molar-refractivity contribution in [2.75, 3.05) is 13.6 Å². The Morgan fingerprint density at radius 3 is 2.28 bits per heavy atom. The van der Waals surface area contributed by atoms with E-state index >= 15 is 0 Å². The molecule has 0 spiro atoms. The highest BCUT2D eigenvalue weighted by atomic mass is 32.2. The van der Waals surface area contributed by atoms with E-state index in [0.717, 1.165) is 5.56 Å². The first-order valence-electron chi connectivity index (χ1n) is 8.05. The van der Waals surface area contributed by atoms with Crippen molar-refractivity contribution >= 4 is 15.9 Å². The van der Waals surface area contributed by atoms with E-state index in [1.54, 1.807) is 0 Å². The van der Waals surface area contributed by atoms with E-state index in [2.05, 4.69) is 36.0 Å². The SMILES string of the molecule is CNS(=O)(=O)c1ccc(C(=O)NCC(C)(C)c2cccc(C)c2)cc1. The van der Waals surface area contributed by atoms with Gasteiger partial charge in [0, 0.05) is 17.5 Å². The number of rotatable bonds is 6. The average molecular weight is 360 g/mol. The second-order valence-corrected chi connectivity index (χ2v) is 8.55. The fraction of sp³-hybridized carbons (Fsp3) is 0.316. The minimum absolute atomic E-state index is 0.131. The van der Waals surface area contributed by atoms with Crippen LogP contribution in [0.5, 0.6) is 0 Å². The maximum absolute atomic E-state index is 12.3. The molecule has 0 radical (unpaired) electrons. The molecule has 5 nitrogen and oxygen atoms in total. The normalized spacial score (nSPS) is 12.0. The molecule has 0 saturated heterocycles. The summed E-state index contributed by atoms with van der Waals surface area (Å²) >= 11 is 0. The van der Waals surface area contributed by atoms with Crippen LogP contribution in [0.2, 0.25) is 0 Å². The van der Waals surface area contributed by atoms with Crippen LogP contribution in [0.4, 0.5) is 0 Å². The number of benzene rings is 2. The summed E-state index contributed by atoms with van der Waals surface area (Å²) < 4.78 is 25.7. The lowest BCUT2D eigenvalue weighted by Gasteiger charge is -2.26. The molecule has 2 N–H and O–H groups in total. The summed E-state index contributed by atoms with van der Waals surface area (Å²) in [5, 5.41) is 2.93. The number of amides is 1. The maximum atomic E-state index is 12.3. The molecule has 0 aliphatic carbocycles. The first-order valence-corrected chi connectivity index (χ1v) is 9.53. The first kappa shape index (κ1) is 19.1. The Kier molecular flexibility index (Phi) is 5.65. The Morgan fingerprint density at radius 2 is 1.72 bits per heavy atom. The van der Waals surface area contributed by atoms with Crippen LogP contribution in [0.25, 0.3) is 0 Å². The molecule has 0 unspecified atom stereocenters. The van der Waals surface area contributed by atoms with E-state index in [-0.39, 0.29) is 16.2 Å². The number of hydrogen-bond acceptors (Lipinski definition) is 3. The van der Waals surface area contributed by atoms with Crippen LogP contribution >= 0.6 is 0 Å². The minimum atomic E-state index is -3.50. The summed E-state index contributed by atoms with van der Waals surface area (Å²) in [6, 6.07) is 14.1. The van der Waals surface area contributed by atoms with Crippen LogP contribution in [0.15, 0.2) is 53.4 Å². The minimum Gasteiger partial charge on any atom is -0.351 e. The van der Waals surface area contributed by atoms with Crippen LogP contribution in [0.3, 0.4) is 0 Å². The Hall–Kier alpha value is -2.18. The third-order valence-electron chi connectivity index (χ3n) is 4.19. The molecule has 0 fully saturated rings. The lowest BCUT2D eigenvalue weighted by atomic mass is 9.84. The van der Waals surface area contributed by atoms with Crippen LogP contribution < -0.4 is 10.0 Å². The summed E-state index contributed by atoms with van der Waals surface area (Å²) in [5.74, 6) is -0.228. The third kappa shape index (κ3) is 4.67. The van der Waals surface area contributed by atoms with Gasteiger partial charge in [-0.05, 0) is 43.8 Å². The molecule has 25 heavy (non-hydrogen) atoms. The molecule has 0 bridgehead atoms. The van der Waals surface area contributed by atoms with Gasteiger partial charge in [-0.2, -0.15) is 0 Å². The zero-order valence-corrected chi connectivity index (χ0v) is 15.8. The fourth-order valence-electron chi connectivity index (χ4n) is 2.47. The van der Waals surface area contributed by atoms with E-state index in [9.17, 15) is 13.2 Å². The van der Waals surface area contributed by atoms with Crippen molar-refractivity contribution in [3.8, 4) is 0 Å². The van der Waals surface area contributed by atoms with E-state index in [1.807, 2.05) is 19.1 Å². The highest BCUT2D eigenvalue weighted by Crippen LogP contribution is 2.23. The van der Waals surface area contributed by atoms with Crippen molar-refractivity contribution in [3.05, 3.63) is 65.2 Å². The highest BCUT2D eigenvalue weighted by molar-refractivity contribution is 7.89. The van der Waals surface area contributed by atoms with Gasteiger partial charge in [-0.3, -0.25) is 4.79 Å².